The fourth-order valence-corrected chi connectivity index (χ4v) is 2.90. The Morgan fingerprint density at radius 1 is 1.26 bits per heavy atom. The second-order valence-electron chi connectivity index (χ2n) is 5.57. The second kappa shape index (κ2) is 7.84. The van der Waals surface area contributed by atoms with E-state index in [0.29, 0.717) is 22.4 Å². The van der Waals surface area contributed by atoms with Gasteiger partial charge in [-0.2, -0.15) is 5.10 Å². The number of nitrogens with zero attached hydrogens (tertiary/aromatic N) is 2. The molecule has 0 aliphatic heterocycles. The molecule has 23 heavy (non-hydrogen) atoms. The van der Waals surface area contributed by atoms with Crippen LogP contribution in [0.25, 0.3) is 0 Å². The number of amides is 1. The summed E-state index contributed by atoms with van der Waals surface area (Å²) in [4.78, 5) is 12.1. The van der Waals surface area contributed by atoms with Crippen LogP contribution in [0.5, 0.6) is 0 Å². The molecule has 0 bridgehead atoms. The minimum atomic E-state index is 0.0178. The van der Waals surface area contributed by atoms with Gasteiger partial charge in [0.2, 0.25) is 5.91 Å². The van der Waals surface area contributed by atoms with E-state index in [2.05, 4.69) is 10.4 Å². The minimum Gasteiger partial charge on any atom is -0.309 e. The van der Waals surface area contributed by atoms with Crippen LogP contribution in [0.1, 0.15) is 37.9 Å². The molecule has 0 saturated heterocycles. The van der Waals surface area contributed by atoms with Crippen molar-refractivity contribution in [3.05, 3.63) is 45.6 Å². The van der Waals surface area contributed by atoms with Gasteiger partial charge < -0.3 is 5.32 Å². The Labute approximate surface area is 146 Å². The summed E-state index contributed by atoms with van der Waals surface area (Å²) in [5, 5.41) is 8.55. The first-order valence-electron chi connectivity index (χ1n) is 7.73. The summed E-state index contributed by atoms with van der Waals surface area (Å²) in [6.45, 7) is 6.51. The fraction of sp³-hybridized carbons (Fsp3) is 0.412. The molecule has 1 heterocycles. The van der Waals surface area contributed by atoms with Crippen molar-refractivity contribution in [2.24, 2.45) is 5.92 Å². The standard InChI is InChI=1S/C17H21Cl2N3O/c1-4-12(5-2)17(23)20-16-8-11(3)22(21-16)10-13-6-7-14(18)9-15(13)19/h6-9,12H,4-5,10H2,1-3H3,(H,20,21,23). The first-order chi connectivity index (χ1) is 10.9. The Balaban J connectivity index is 2.13. The quantitative estimate of drug-likeness (QED) is 0.800. The first-order valence-corrected chi connectivity index (χ1v) is 8.49. The van der Waals surface area contributed by atoms with Gasteiger partial charge in [-0.05, 0) is 37.5 Å². The Morgan fingerprint density at radius 3 is 2.57 bits per heavy atom. The van der Waals surface area contributed by atoms with Crippen LogP contribution in [0.3, 0.4) is 0 Å². The lowest BCUT2D eigenvalue weighted by atomic mass is 10.0. The predicted molar refractivity (Wildman–Crippen MR) is 95.2 cm³/mol. The number of halogens is 2. The van der Waals surface area contributed by atoms with Crippen molar-refractivity contribution < 1.29 is 4.79 Å². The van der Waals surface area contributed by atoms with Crippen molar-refractivity contribution in [1.82, 2.24) is 9.78 Å². The summed E-state index contributed by atoms with van der Waals surface area (Å²) < 4.78 is 1.82. The molecule has 2 rings (SSSR count). The lowest BCUT2D eigenvalue weighted by Gasteiger charge is -2.11. The maximum atomic E-state index is 12.1. The molecule has 1 amide bonds. The van der Waals surface area contributed by atoms with E-state index in [1.165, 1.54) is 0 Å². The smallest absolute Gasteiger partial charge is 0.228 e. The van der Waals surface area contributed by atoms with E-state index in [9.17, 15) is 4.79 Å². The van der Waals surface area contributed by atoms with Gasteiger partial charge in [-0.1, -0.05) is 43.1 Å². The molecule has 0 aliphatic rings. The van der Waals surface area contributed by atoms with E-state index in [4.69, 9.17) is 23.2 Å². The SMILES string of the molecule is CCC(CC)C(=O)Nc1cc(C)n(Cc2ccc(Cl)cc2Cl)n1. The molecule has 1 aromatic heterocycles. The molecule has 2 aromatic rings. The van der Waals surface area contributed by atoms with Crippen LogP contribution in [0, 0.1) is 12.8 Å². The highest BCUT2D eigenvalue weighted by molar-refractivity contribution is 6.35. The van der Waals surface area contributed by atoms with Crippen LogP contribution in [-0.2, 0) is 11.3 Å². The van der Waals surface area contributed by atoms with E-state index in [0.717, 1.165) is 24.1 Å². The number of hydrogen-bond acceptors (Lipinski definition) is 2. The lowest BCUT2D eigenvalue weighted by Crippen LogP contribution is -2.22. The number of carbonyl (C=O) groups is 1. The number of benzene rings is 1. The Morgan fingerprint density at radius 2 is 1.96 bits per heavy atom. The third kappa shape index (κ3) is 4.49. The van der Waals surface area contributed by atoms with Gasteiger partial charge in [0.15, 0.2) is 5.82 Å². The van der Waals surface area contributed by atoms with Crippen molar-refractivity contribution >= 4 is 34.9 Å². The van der Waals surface area contributed by atoms with Crippen molar-refractivity contribution in [2.75, 3.05) is 5.32 Å². The van der Waals surface area contributed by atoms with Gasteiger partial charge in [0, 0.05) is 27.7 Å². The molecule has 0 aliphatic carbocycles. The molecular weight excluding hydrogens is 333 g/mol. The summed E-state index contributed by atoms with van der Waals surface area (Å²) >= 11 is 12.1. The number of aryl methyl sites for hydroxylation is 1. The largest absolute Gasteiger partial charge is 0.309 e. The van der Waals surface area contributed by atoms with Gasteiger partial charge in [-0.15, -0.1) is 0 Å². The molecule has 0 radical (unpaired) electrons. The third-order valence-electron chi connectivity index (χ3n) is 3.92. The average Bonchev–Trinajstić information content (AvgIpc) is 2.83. The molecule has 1 N–H and O–H groups in total. The van der Waals surface area contributed by atoms with Crippen molar-refractivity contribution in [3.63, 3.8) is 0 Å². The van der Waals surface area contributed by atoms with Gasteiger partial charge in [-0.25, -0.2) is 0 Å². The van der Waals surface area contributed by atoms with Crippen LogP contribution in [0.15, 0.2) is 24.3 Å². The highest BCUT2D eigenvalue weighted by atomic mass is 35.5. The topological polar surface area (TPSA) is 46.9 Å². The van der Waals surface area contributed by atoms with Crippen LogP contribution in [0.4, 0.5) is 5.82 Å². The molecule has 6 heteroatoms. The van der Waals surface area contributed by atoms with Crippen LogP contribution in [-0.4, -0.2) is 15.7 Å². The van der Waals surface area contributed by atoms with Crippen molar-refractivity contribution in [2.45, 2.75) is 40.2 Å². The number of rotatable bonds is 6. The predicted octanol–water partition coefficient (Wildman–Crippen LogP) is 4.92. The molecule has 0 spiro atoms. The Bertz CT molecular complexity index is 693. The number of aromatic nitrogens is 2. The maximum absolute atomic E-state index is 12.1. The Kier molecular flexibility index (Phi) is 6.08. The molecule has 0 atom stereocenters. The van der Waals surface area contributed by atoms with E-state index < -0.39 is 0 Å². The highest BCUT2D eigenvalue weighted by Gasteiger charge is 2.16. The molecule has 0 unspecified atom stereocenters. The second-order valence-corrected chi connectivity index (χ2v) is 6.41. The number of nitrogens with one attached hydrogen (secondary N) is 1. The molecule has 1 aromatic carbocycles. The van der Waals surface area contributed by atoms with E-state index >= 15 is 0 Å². The summed E-state index contributed by atoms with van der Waals surface area (Å²) in [5.74, 6) is 0.611. The van der Waals surface area contributed by atoms with Crippen molar-refractivity contribution in [1.29, 1.82) is 0 Å². The first kappa shape index (κ1) is 17.8. The van der Waals surface area contributed by atoms with Crippen molar-refractivity contribution in [3.8, 4) is 0 Å². The molecule has 124 valence electrons. The van der Waals surface area contributed by atoms with Gasteiger partial charge in [-0.3, -0.25) is 9.48 Å². The zero-order valence-electron chi connectivity index (χ0n) is 13.6. The van der Waals surface area contributed by atoms with Gasteiger partial charge in [0.05, 0.1) is 6.54 Å². The maximum Gasteiger partial charge on any atom is 0.228 e. The highest BCUT2D eigenvalue weighted by Crippen LogP contribution is 2.23. The number of anilines is 1. The van der Waals surface area contributed by atoms with Crippen LogP contribution >= 0.6 is 23.2 Å². The zero-order valence-corrected chi connectivity index (χ0v) is 15.1. The summed E-state index contributed by atoms with van der Waals surface area (Å²) in [5.41, 5.74) is 1.89. The minimum absolute atomic E-state index is 0.0178. The van der Waals surface area contributed by atoms with Gasteiger partial charge in [0.25, 0.3) is 0 Å². The Hall–Kier alpha value is -1.52. The molecule has 4 nitrogen and oxygen atoms in total. The monoisotopic (exact) mass is 353 g/mol. The molecule has 0 saturated carbocycles. The van der Waals surface area contributed by atoms with E-state index in [-0.39, 0.29) is 11.8 Å². The normalized spacial score (nSPS) is 11.0. The third-order valence-corrected chi connectivity index (χ3v) is 4.51. The fourth-order valence-electron chi connectivity index (χ4n) is 2.43. The summed E-state index contributed by atoms with van der Waals surface area (Å²) in [6.07, 6.45) is 1.64. The van der Waals surface area contributed by atoms with Gasteiger partial charge in [0.1, 0.15) is 0 Å². The van der Waals surface area contributed by atoms with Gasteiger partial charge >= 0.3 is 0 Å². The average molecular weight is 354 g/mol. The molecule has 0 fully saturated rings. The summed E-state index contributed by atoms with van der Waals surface area (Å²) in [7, 11) is 0. The van der Waals surface area contributed by atoms with E-state index in [1.54, 1.807) is 12.1 Å². The van der Waals surface area contributed by atoms with Crippen LogP contribution < -0.4 is 5.32 Å². The van der Waals surface area contributed by atoms with Crippen LogP contribution in [0.2, 0.25) is 10.0 Å². The summed E-state index contributed by atoms with van der Waals surface area (Å²) in [6, 6.07) is 7.27. The molecular formula is C17H21Cl2N3O. The number of carbonyl (C=O) groups excluding carboxylic acids is 1. The zero-order chi connectivity index (χ0) is 17.0. The van der Waals surface area contributed by atoms with E-state index in [1.807, 2.05) is 37.6 Å². The lowest BCUT2D eigenvalue weighted by molar-refractivity contribution is -0.120. The number of hydrogen-bond donors (Lipinski definition) is 1.